The van der Waals surface area contributed by atoms with Gasteiger partial charge in [-0.2, -0.15) is 0 Å². The molecule has 4 N–H and O–H groups in total. The number of halogens is 4. The molecular formula is C14H19ClF3NO4. The molecule has 0 unspecified atom stereocenters. The van der Waals surface area contributed by atoms with Crippen LogP contribution in [0.2, 0.25) is 0 Å². The normalized spacial score (nSPS) is 27.6. The molecule has 0 aromatic heterocycles. The molecule has 2 rings (SSSR count). The number of rotatable bonds is 5. The lowest BCUT2D eigenvalue weighted by molar-refractivity contribution is -0.274. The fourth-order valence-electron chi connectivity index (χ4n) is 2.57. The molecule has 5 nitrogen and oxygen atoms in total. The van der Waals surface area contributed by atoms with Gasteiger partial charge in [-0.1, -0.05) is 12.1 Å². The van der Waals surface area contributed by atoms with Crippen molar-refractivity contribution >= 4 is 12.4 Å². The molecule has 0 amide bonds. The van der Waals surface area contributed by atoms with E-state index in [4.69, 9.17) is 5.11 Å². The average molecular weight is 358 g/mol. The predicted molar refractivity (Wildman–Crippen MR) is 78.2 cm³/mol. The molecule has 1 saturated carbocycles. The monoisotopic (exact) mass is 357 g/mol. The Morgan fingerprint density at radius 2 is 1.74 bits per heavy atom. The van der Waals surface area contributed by atoms with Crippen molar-refractivity contribution in [2.45, 2.75) is 37.6 Å². The molecule has 0 spiro atoms. The molecule has 1 aromatic rings. The van der Waals surface area contributed by atoms with Gasteiger partial charge in [-0.15, -0.1) is 25.6 Å². The van der Waals surface area contributed by atoms with Crippen molar-refractivity contribution in [2.24, 2.45) is 5.92 Å². The Kier molecular flexibility index (Phi) is 7.09. The first-order valence-corrected chi connectivity index (χ1v) is 6.85. The summed E-state index contributed by atoms with van der Waals surface area (Å²) in [7, 11) is 0. The summed E-state index contributed by atoms with van der Waals surface area (Å²) in [6.07, 6.45) is -6.26. The largest absolute Gasteiger partial charge is 0.573 e. The number of hydrogen-bond donors (Lipinski definition) is 4. The van der Waals surface area contributed by atoms with Crippen molar-refractivity contribution in [1.82, 2.24) is 5.32 Å². The van der Waals surface area contributed by atoms with E-state index in [1.807, 2.05) is 0 Å². The van der Waals surface area contributed by atoms with Crippen LogP contribution >= 0.6 is 12.4 Å². The van der Waals surface area contributed by atoms with Gasteiger partial charge in [0, 0.05) is 25.1 Å². The van der Waals surface area contributed by atoms with Crippen LogP contribution in [0, 0.1) is 5.92 Å². The predicted octanol–water partition coefficient (Wildman–Crippen LogP) is 1.20. The fraction of sp³-hybridized carbons (Fsp3) is 0.571. The molecule has 1 aromatic carbocycles. The molecule has 132 valence electrons. The van der Waals surface area contributed by atoms with Crippen LogP contribution in [0.1, 0.15) is 12.0 Å². The number of aliphatic hydroxyl groups excluding tert-OH is 3. The van der Waals surface area contributed by atoms with Crippen LogP contribution in [-0.4, -0.2) is 46.5 Å². The highest BCUT2D eigenvalue weighted by Crippen LogP contribution is 2.27. The number of hydrogen-bond acceptors (Lipinski definition) is 5. The first-order valence-electron chi connectivity index (χ1n) is 6.85. The first kappa shape index (κ1) is 20.0. The van der Waals surface area contributed by atoms with Gasteiger partial charge in [-0.3, -0.25) is 0 Å². The maximum atomic E-state index is 12.0. The Morgan fingerprint density at radius 1 is 1.13 bits per heavy atom. The number of aliphatic hydroxyl groups is 3. The minimum absolute atomic E-state index is 0. The Balaban J connectivity index is 0.00000264. The third kappa shape index (κ3) is 5.50. The van der Waals surface area contributed by atoms with Gasteiger partial charge < -0.3 is 25.4 Å². The summed E-state index contributed by atoms with van der Waals surface area (Å²) in [5.74, 6) is -0.678. The zero-order valence-corrected chi connectivity index (χ0v) is 12.8. The summed E-state index contributed by atoms with van der Waals surface area (Å²) in [6, 6.07) is 5.00. The lowest BCUT2D eigenvalue weighted by Crippen LogP contribution is -2.39. The van der Waals surface area contributed by atoms with Gasteiger partial charge in [0.05, 0.1) is 12.2 Å². The lowest BCUT2D eigenvalue weighted by Gasteiger charge is -2.18. The van der Waals surface area contributed by atoms with E-state index in [0.29, 0.717) is 18.5 Å². The zero-order valence-electron chi connectivity index (χ0n) is 12.0. The SMILES string of the molecule is Cl.OC[C@H]1C[C@@H](NCc2ccc(OC(F)(F)F)cc2)[C@H](O)[C@@H]1O. The summed E-state index contributed by atoms with van der Waals surface area (Å²) in [6.45, 7) is 0.110. The second-order valence-electron chi connectivity index (χ2n) is 5.34. The molecule has 1 aliphatic carbocycles. The molecule has 0 radical (unpaired) electrons. The van der Waals surface area contributed by atoms with E-state index in [0.717, 1.165) is 0 Å². The number of ether oxygens (including phenoxy) is 1. The van der Waals surface area contributed by atoms with Crippen molar-refractivity contribution in [3.63, 3.8) is 0 Å². The highest BCUT2D eigenvalue weighted by atomic mass is 35.5. The Morgan fingerprint density at radius 3 is 2.22 bits per heavy atom. The van der Waals surface area contributed by atoms with Crippen molar-refractivity contribution in [3.8, 4) is 5.75 Å². The van der Waals surface area contributed by atoms with Crippen LogP contribution in [0.15, 0.2) is 24.3 Å². The molecule has 9 heteroatoms. The molecule has 1 aliphatic rings. The summed E-state index contributed by atoms with van der Waals surface area (Å²) < 4.78 is 39.9. The van der Waals surface area contributed by atoms with Gasteiger partial charge in [0.15, 0.2) is 0 Å². The molecule has 1 fully saturated rings. The van der Waals surface area contributed by atoms with Crippen molar-refractivity contribution in [3.05, 3.63) is 29.8 Å². The third-order valence-electron chi connectivity index (χ3n) is 3.76. The molecular weight excluding hydrogens is 339 g/mol. The van der Waals surface area contributed by atoms with Crippen molar-refractivity contribution < 1.29 is 33.2 Å². The van der Waals surface area contributed by atoms with E-state index in [2.05, 4.69) is 10.1 Å². The molecule has 0 heterocycles. The molecule has 0 saturated heterocycles. The Hall–Kier alpha value is -1.06. The quantitative estimate of drug-likeness (QED) is 0.636. The smallest absolute Gasteiger partial charge is 0.406 e. The van der Waals surface area contributed by atoms with E-state index in [1.54, 1.807) is 0 Å². The van der Waals surface area contributed by atoms with Crippen molar-refractivity contribution in [1.29, 1.82) is 0 Å². The van der Waals surface area contributed by atoms with Crippen LogP contribution in [0.5, 0.6) is 5.75 Å². The fourth-order valence-corrected chi connectivity index (χ4v) is 2.57. The van der Waals surface area contributed by atoms with Gasteiger partial charge >= 0.3 is 6.36 Å². The van der Waals surface area contributed by atoms with Crippen LogP contribution in [-0.2, 0) is 6.54 Å². The number of nitrogens with one attached hydrogen (secondary N) is 1. The third-order valence-corrected chi connectivity index (χ3v) is 3.76. The van der Waals surface area contributed by atoms with E-state index >= 15 is 0 Å². The number of alkyl halides is 3. The van der Waals surface area contributed by atoms with E-state index in [-0.39, 0.29) is 36.7 Å². The summed E-state index contributed by atoms with van der Waals surface area (Å²) in [4.78, 5) is 0. The van der Waals surface area contributed by atoms with Gasteiger partial charge in [0.2, 0.25) is 0 Å². The Bertz CT molecular complexity index is 486. The molecule has 4 atom stereocenters. The van der Waals surface area contributed by atoms with Crippen LogP contribution in [0.3, 0.4) is 0 Å². The second-order valence-corrected chi connectivity index (χ2v) is 5.34. The summed E-state index contributed by atoms with van der Waals surface area (Å²) in [5, 5.41) is 31.6. The minimum Gasteiger partial charge on any atom is -0.406 e. The van der Waals surface area contributed by atoms with E-state index in [9.17, 15) is 23.4 Å². The topological polar surface area (TPSA) is 82.0 Å². The van der Waals surface area contributed by atoms with Crippen LogP contribution in [0.4, 0.5) is 13.2 Å². The van der Waals surface area contributed by atoms with Crippen LogP contribution in [0.25, 0.3) is 0 Å². The van der Waals surface area contributed by atoms with Gasteiger partial charge in [0.25, 0.3) is 0 Å². The maximum Gasteiger partial charge on any atom is 0.573 e. The highest BCUT2D eigenvalue weighted by molar-refractivity contribution is 5.85. The molecule has 0 aliphatic heterocycles. The maximum absolute atomic E-state index is 12.0. The zero-order chi connectivity index (χ0) is 16.3. The Labute approximate surface area is 137 Å². The van der Waals surface area contributed by atoms with Gasteiger partial charge in [-0.05, 0) is 24.1 Å². The van der Waals surface area contributed by atoms with E-state index in [1.165, 1.54) is 24.3 Å². The first-order chi connectivity index (χ1) is 10.3. The summed E-state index contributed by atoms with van der Waals surface area (Å²) in [5.41, 5.74) is 0.712. The lowest BCUT2D eigenvalue weighted by atomic mass is 10.1. The molecule has 0 bridgehead atoms. The highest BCUT2D eigenvalue weighted by Gasteiger charge is 2.40. The second kappa shape index (κ2) is 8.16. The minimum atomic E-state index is -4.72. The average Bonchev–Trinajstić information content (AvgIpc) is 2.72. The van der Waals surface area contributed by atoms with E-state index < -0.39 is 18.6 Å². The number of benzene rings is 1. The molecule has 23 heavy (non-hydrogen) atoms. The van der Waals surface area contributed by atoms with Gasteiger partial charge in [-0.25, -0.2) is 0 Å². The van der Waals surface area contributed by atoms with Crippen LogP contribution < -0.4 is 10.1 Å². The van der Waals surface area contributed by atoms with Gasteiger partial charge in [0.1, 0.15) is 5.75 Å². The standard InChI is InChI=1S/C14H18F3NO4.ClH/c15-14(16,17)22-10-3-1-8(2-4-10)6-18-11-5-9(7-19)12(20)13(11)21;/h1-4,9,11-13,18-21H,5-7H2;1H/t9-,11-,12-,13+;/m1./s1. The van der Waals surface area contributed by atoms with Crippen molar-refractivity contribution in [2.75, 3.05) is 6.61 Å². The summed E-state index contributed by atoms with van der Waals surface area (Å²) >= 11 is 0.